The smallest absolute Gasteiger partial charge is 0.243 e. The van der Waals surface area contributed by atoms with Crippen LogP contribution in [0.1, 0.15) is 37.5 Å². The lowest BCUT2D eigenvalue weighted by atomic mass is 10.1. The minimum atomic E-state index is -3.45. The van der Waals surface area contributed by atoms with Gasteiger partial charge < -0.3 is 5.73 Å². The van der Waals surface area contributed by atoms with Crippen molar-refractivity contribution in [3.05, 3.63) is 28.8 Å². The van der Waals surface area contributed by atoms with Crippen LogP contribution in [0.15, 0.2) is 17.0 Å². The van der Waals surface area contributed by atoms with Crippen LogP contribution in [-0.2, 0) is 16.6 Å². The lowest BCUT2D eigenvalue weighted by Crippen LogP contribution is -2.34. The van der Waals surface area contributed by atoms with Crippen LogP contribution in [-0.4, -0.2) is 25.8 Å². The average Bonchev–Trinajstić information content (AvgIpc) is 2.35. The SMILES string of the molecule is CCN(CC(C)C)S(=O)(=O)c1cc(CN)c(C)cc1C. The monoisotopic (exact) mass is 298 g/mol. The maximum absolute atomic E-state index is 12.8. The second-order valence-electron chi connectivity index (χ2n) is 5.60. The standard InChI is InChI=1S/C15H26N2O2S/c1-6-17(10-11(2)3)20(18,19)15-8-14(9-16)12(4)7-13(15)5/h7-8,11H,6,9-10,16H2,1-5H3. The molecule has 20 heavy (non-hydrogen) atoms. The van der Waals surface area contributed by atoms with Gasteiger partial charge in [0.05, 0.1) is 4.90 Å². The van der Waals surface area contributed by atoms with E-state index < -0.39 is 10.0 Å². The third-order valence-corrected chi connectivity index (χ3v) is 5.48. The van der Waals surface area contributed by atoms with Crippen molar-refractivity contribution >= 4 is 10.0 Å². The molecule has 0 aliphatic carbocycles. The Morgan fingerprint density at radius 1 is 1.20 bits per heavy atom. The highest BCUT2D eigenvalue weighted by molar-refractivity contribution is 7.89. The third kappa shape index (κ3) is 3.59. The fourth-order valence-corrected chi connectivity index (χ4v) is 4.19. The Kier molecular flexibility index (Phi) is 5.74. The maximum Gasteiger partial charge on any atom is 0.243 e. The van der Waals surface area contributed by atoms with Gasteiger partial charge in [0.15, 0.2) is 0 Å². The van der Waals surface area contributed by atoms with Crippen LogP contribution < -0.4 is 5.73 Å². The molecular weight excluding hydrogens is 272 g/mol. The van der Waals surface area contributed by atoms with E-state index in [0.29, 0.717) is 30.4 Å². The summed E-state index contributed by atoms with van der Waals surface area (Å²) < 4.78 is 27.1. The van der Waals surface area contributed by atoms with Crippen LogP contribution in [0.25, 0.3) is 0 Å². The van der Waals surface area contributed by atoms with Crippen molar-refractivity contribution < 1.29 is 8.42 Å². The third-order valence-electron chi connectivity index (χ3n) is 3.39. The summed E-state index contributed by atoms with van der Waals surface area (Å²) >= 11 is 0. The lowest BCUT2D eigenvalue weighted by molar-refractivity contribution is 0.380. The molecule has 0 saturated carbocycles. The van der Waals surface area contributed by atoms with Gasteiger partial charge in [-0.05, 0) is 42.5 Å². The highest BCUT2D eigenvalue weighted by Crippen LogP contribution is 2.24. The summed E-state index contributed by atoms with van der Waals surface area (Å²) in [5.41, 5.74) is 8.40. The van der Waals surface area contributed by atoms with E-state index in [1.807, 2.05) is 40.7 Å². The van der Waals surface area contributed by atoms with Gasteiger partial charge >= 0.3 is 0 Å². The van der Waals surface area contributed by atoms with Gasteiger partial charge in [-0.25, -0.2) is 8.42 Å². The molecule has 0 bridgehead atoms. The molecule has 0 aliphatic rings. The number of rotatable bonds is 6. The normalized spacial score (nSPS) is 12.4. The van der Waals surface area contributed by atoms with Gasteiger partial charge in [0.25, 0.3) is 0 Å². The molecule has 0 aliphatic heterocycles. The molecule has 0 fully saturated rings. The zero-order valence-corrected chi connectivity index (χ0v) is 13.9. The van der Waals surface area contributed by atoms with E-state index >= 15 is 0 Å². The molecule has 1 aromatic carbocycles. The van der Waals surface area contributed by atoms with Gasteiger partial charge in [0.2, 0.25) is 10.0 Å². The number of hydrogen-bond acceptors (Lipinski definition) is 3. The van der Waals surface area contributed by atoms with Gasteiger partial charge in [-0.1, -0.05) is 26.8 Å². The summed E-state index contributed by atoms with van der Waals surface area (Å²) in [6, 6.07) is 3.63. The molecule has 5 heteroatoms. The first kappa shape index (κ1) is 17.1. The Morgan fingerprint density at radius 2 is 1.80 bits per heavy atom. The van der Waals surface area contributed by atoms with Gasteiger partial charge in [0, 0.05) is 19.6 Å². The predicted octanol–water partition coefficient (Wildman–Crippen LogP) is 2.43. The van der Waals surface area contributed by atoms with Crippen molar-refractivity contribution in [2.24, 2.45) is 11.7 Å². The first-order valence-electron chi connectivity index (χ1n) is 7.04. The van der Waals surface area contributed by atoms with Crippen molar-refractivity contribution in [1.82, 2.24) is 4.31 Å². The minimum Gasteiger partial charge on any atom is -0.326 e. The van der Waals surface area contributed by atoms with Gasteiger partial charge in [-0.3, -0.25) is 0 Å². The van der Waals surface area contributed by atoms with Crippen LogP contribution in [0.4, 0.5) is 0 Å². The molecule has 1 rings (SSSR count). The summed E-state index contributed by atoms with van der Waals surface area (Å²) in [5.74, 6) is 0.296. The van der Waals surface area contributed by atoms with Crippen LogP contribution in [0.5, 0.6) is 0 Å². The van der Waals surface area contributed by atoms with E-state index in [1.165, 1.54) is 4.31 Å². The Bertz CT molecular complexity index is 565. The second-order valence-corrected chi connectivity index (χ2v) is 7.50. The molecule has 0 aromatic heterocycles. The molecule has 1 aromatic rings. The first-order chi connectivity index (χ1) is 9.23. The Morgan fingerprint density at radius 3 is 2.25 bits per heavy atom. The first-order valence-corrected chi connectivity index (χ1v) is 8.48. The van der Waals surface area contributed by atoms with E-state index in [-0.39, 0.29) is 0 Å². The molecule has 2 N–H and O–H groups in total. The van der Waals surface area contributed by atoms with Crippen LogP contribution in [0.3, 0.4) is 0 Å². The Balaban J connectivity index is 3.33. The summed E-state index contributed by atoms with van der Waals surface area (Å²) in [4.78, 5) is 0.381. The van der Waals surface area contributed by atoms with E-state index in [4.69, 9.17) is 5.73 Å². The maximum atomic E-state index is 12.8. The van der Waals surface area contributed by atoms with Crippen molar-refractivity contribution in [2.75, 3.05) is 13.1 Å². The van der Waals surface area contributed by atoms with E-state index in [9.17, 15) is 8.42 Å². The summed E-state index contributed by atoms with van der Waals surface area (Å²) in [7, 11) is -3.45. The highest BCUT2D eigenvalue weighted by Gasteiger charge is 2.26. The number of aryl methyl sites for hydroxylation is 2. The average molecular weight is 298 g/mol. The van der Waals surface area contributed by atoms with Gasteiger partial charge in [-0.2, -0.15) is 4.31 Å². The molecule has 114 valence electrons. The summed E-state index contributed by atoms with van der Waals surface area (Å²) in [6.45, 7) is 11.1. The molecule has 4 nitrogen and oxygen atoms in total. The topological polar surface area (TPSA) is 63.4 Å². The fourth-order valence-electron chi connectivity index (χ4n) is 2.32. The van der Waals surface area contributed by atoms with Crippen molar-refractivity contribution in [1.29, 1.82) is 0 Å². The number of benzene rings is 1. The zero-order valence-electron chi connectivity index (χ0n) is 13.1. The van der Waals surface area contributed by atoms with Crippen molar-refractivity contribution in [2.45, 2.75) is 46.1 Å². The van der Waals surface area contributed by atoms with Crippen molar-refractivity contribution in [3.63, 3.8) is 0 Å². The largest absolute Gasteiger partial charge is 0.326 e. The summed E-state index contributed by atoms with van der Waals surface area (Å²) in [5, 5.41) is 0. The lowest BCUT2D eigenvalue weighted by Gasteiger charge is -2.24. The number of nitrogens with zero attached hydrogens (tertiary/aromatic N) is 1. The number of hydrogen-bond donors (Lipinski definition) is 1. The Labute approximate surface area is 123 Å². The van der Waals surface area contributed by atoms with Crippen LogP contribution in [0, 0.1) is 19.8 Å². The highest BCUT2D eigenvalue weighted by atomic mass is 32.2. The zero-order chi connectivity index (χ0) is 15.5. The van der Waals surface area contributed by atoms with Crippen LogP contribution >= 0.6 is 0 Å². The molecule has 0 amide bonds. The van der Waals surface area contributed by atoms with Crippen LogP contribution in [0.2, 0.25) is 0 Å². The second kappa shape index (κ2) is 6.70. The molecule has 0 spiro atoms. The molecular formula is C15H26N2O2S. The Hall–Kier alpha value is -0.910. The molecule has 0 unspecified atom stereocenters. The molecule has 0 heterocycles. The fraction of sp³-hybridized carbons (Fsp3) is 0.600. The minimum absolute atomic E-state index is 0.296. The van der Waals surface area contributed by atoms with E-state index in [1.54, 1.807) is 6.07 Å². The predicted molar refractivity (Wildman–Crippen MR) is 83.1 cm³/mol. The van der Waals surface area contributed by atoms with Gasteiger partial charge in [-0.15, -0.1) is 0 Å². The van der Waals surface area contributed by atoms with E-state index in [0.717, 1.165) is 16.7 Å². The van der Waals surface area contributed by atoms with E-state index in [2.05, 4.69) is 0 Å². The molecule has 0 radical (unpaired) electrons. The number of nitrogens with two attached hydrogens (primary N) is 1. The summed E-state index contributed by atoms with van der Waals surface area (Å²) in [6.07, 6.45) is 0. The van der Waals surface area contributed by atoms with Gasteiger partial charge in [0.1, 0.15) is 0 Å². The molecule has 0 saturated heterocycles. The quantitative estimate of drug-likeness (QED) is 0.877. The number of sulfonamides is 1. The van der Waals surface area contributed by atoms with Crippen molar-refractivity contribution in [3.8, 4) is 0 Å². The molecule has 0 atom stereocenters.